The van der Waals surface area contributed by atoms with E-state index in [1.165, 1.54) is 17.4 Å². The number of aromatic nitrogens is 3. The third kappa shape index (κ3) is 3.18. The maximum atomic E-state index is 11.7. The summed E-state index contributed by atoms with van der Waals surface area (Å²) in [5, 5.41) is 3.85. The highest BCUT2D eigenvalue weighted by Crippen LogP contribution is 2.26. The SMILES string of the molecule is CC1CCCCC1OC(=O)Cn1cnc(N)n1. The number of esters is 1. The number of anilines is 1. The minimum absolute atomic E-state index is 0.0529. The van der Waals surface area contributed by atoms with E-state index in [-0.39, 0.29) is 24.6 Å². The van der Waals surface area contributed by atoms with Crippen LogP contribution in [0.4, 0.5) is 5.95 Å². The highest BCUT2D eigenvalue weighted by molar-refractivity contribution is 5.69. The molecule has 1 aliphatic rings. The van der Waals surface area contributed by atoms with Crippen molar-refractivity contribution in [3.63, 3.8) is 0 Å². The van der Waals surface area contributed by atoms with Crippen molar-refractivity contribution < 1.29 is 9.53 Å². The van der Waals surface area contributed by atoms with Gasteiger partial charge in [0.15, 0.2) is 0 Å². The number of hydrogen-bond donors (Lipinski definition) is 1. The van der Waals surface area contributed by atoms with Gasteiger partial charge in [-0.05, 0) is 25.2 Å². The smallest absolute Gasteiger partial charge is 0.328 e. The van der Waals surface area contributed by atoms with Gasteiger partial charge in [-0.3, -0.25) is 4.79 Å². The van der Waals surface area contributed by atoms with Crippen LogP contribution in [0, 0.1) is 5.92 Å². The predicted octanol–water partition coefficient (Wildman–Crippen LogP) is 0.982. The van der Waals surface area contributed by atoms with Crippen molar-refractivity contribution >= 4 is 11.9 Å². The lowest BCUT2D eigenvalue weighted by Gasteiger charge is -2.28. The molecule has 1 saturated carbocycles. The Kier molecular flexibility index (Phi) is 3.61. The lowest BCUT2D eigenvalue weighted by Crippen LogP contribution is -2.29. The third-order valence-electron chi connectivity index (χ3n) is 3.16. The molecule has 1 aromatic heterocycles. The Morgan fingerprint density at radius 1 is 1.59 bits per heavy atom. The van der Waals surface area contributed by atoms with Crippen LogP contribution in [0.3, 0.4) is 0 Å². The topological polar surface area (TPSA) is 83.0 Å². The first kappa shape index (κ1) is 11.9. The van der Waals surface area contributed by atoms with Crippen molar-refractivity contribution in [2.24, 2.45) is 5.92 Å². The second-order valence-electron chi connectivity index (χ2n) is 4.59. The van der Waals surface area contributed by atoms with Crippen LogP contribution >= 0.6 is 0 Å². The van der Waals surface area contributed by atoms with Crippen LogP contribution in [0.15, 0.2) is 6.33 Å². The van der Waals surface area contributed by atoms with E-state index in [0.29, 0.717) is 5.92 Å². The van der Waals surface area contributed by atoms with Gasteiger partial charge in [-0.15, -0.1) is 5.10 Å². The Labute approximate surface area is 100 Å². The van der Waals surface area contributed by atoms with E-state index >= 15 is 0 Å². The van der Waals surface area contributed by atoms with Crippen LogP contribution in [0.1, 0.15) is 32.6 Å². The molecular weight excluding hydrogens is 220 g/mol. The molecule has 2 N–H and O–H groups in total. The monoisotopic (exact) mass is 238 g/mol. The average Bonchev–Trinajstić information content (AvgIpc) is 2.67. The lowest BCUT2D eigenvalue weighted by atomic mass is 9.88. The van der Waals surface area contributed by atoms with E-state index in [9.17, 15) is 4.79 Å². The Morgan fingerprint density at radius 3 is 3.00 bits per heavy atom. The zero-order valence-electron chi connectivity index (χ0n) is 10.0. The third-order valence-corrected chi connectivity index (χ3v) is 3.16. The second kappa shape index (κ2) is 5.16. The minimum Gasteiger partial charge on any atom is -0.461 e. The van der Waals surface area contributed by atoms with Gasteiger partial charge in [0.1, 0.15) is 19.0 Å². The predicted molar refractivity (Wildman–Crippen MR) is 61.9 cm³/mol. The van der Waals surface area contributed by atoms with E-state index in [2.05, 4.69) is 17.0 Å². The van der Waals surface area contributed by atoms with Crippen molar-refractivity contribution in [3.8, 4) is 0 Å². The molecule has 0 saturated heterocycles. The summed E-state index contributed by atoms with van der Waals surface area (Å²) >= 11 is 0. The van der Waals surface area contributed by atoms with Gasteiger partial charge >= 0.3 is 5.97 Å². The Morgan fingerprint density at radius 2 is 2.35 bits per heavy atom. The summed E-state index contributed by atoms with van der Waals surface area (Å²) < 4.78 is 6.84. The first-order valence-corrected chi connectivity index (χ1v) is 5.99. The molecule has 2 atom stereocenters. The highest BCUT2D eigenvalue weighted by Gasteiger charge is 2.24. The van der Waals surface area contributed by atoms with Gasteiger partial charge in [-0.2, -0.15) is 0 Å². The van der Waals surface area contributed by atoms with E-state index in [1.807, 2.05) is 0 Å². The fourth-order valence-corrected chi connectivity index (χ4v) is 2.18. The van der Waals surface area contributed by atoms with E-state index in [1.54, 1.807) is 0 Å². The molecule has 0 radical (unpaired) electrons. The zero-order chi connectivity index (χ0) is 12.3. The zero-order valence-corrected chi connectivity index (χ0v) is 10.0. The maximum absolute atomic E-state index is 11.7. The fourth-order valence-electron chi connectivity index (χ4n) is 2.18. The summed E-state index contributed by atoms with van der Waals surface area (Å²) in [5.74, 6) is 0.353. The van der Waals surface area contributed by atoms with Gasteiger partial charge in [0, 0.05) is 0 Å². The second-order valence-corrected chi connectivity index (χ2v) is 4.59. The van der Waals surface area contributed by atoms with Crippen LogP contribution in [-0.2, 0) is 16.1 Å². The van der Waals surface area contributed by atoms with Crippen LogP contribution in [-0.4, -0.2) is 26.8 Å². The number of nitrogen functional groups attached to an aromatic ring is 1. The molecular formula is C11H18N4O2. The molecule has 6 heteroatoms. The van der Waals surface area contributed by atoms with Crippen molar-refractivity contribution in [1.82, 2.24) is 14.8 Å². The summed E-state index contributed by atoms with van der Waals surface area (Å²) in [4.78, 5) is 15.4. The fraction of sp³-hybridized carbons (Fsp3) is 0.727. The number of carbonyl (C=O) groups is 1. The Balaban J connectivity index is 1.84. The quantitative estimate of drug-likeness (QED) is 0.794. The lowest BCUT2D eigenvalue weighted by molar-refractivity contribution is -0.154. The van der Waals surface area contributed by atoms with Gasteiger partial charge in [-0.1, -0.05) is 13.3 Å². The standard InChI is InChI=1S/C11H18N4O2/c1-8-4-2-3-5-9(8)17-10(16)6-15-7-13-11(12)14-15/h7-9H,2-6H2,1H3,(H2,12,14). The summed E-state index contributed by atoms with van der Waals surface area (Å²) in [6.45, 7) is 2.21. The van der Waals surface area contributed by atoms with E-state index in [4.69, 9.17) is 10.5 Å². The molecule has 1 aromatic rings. The van der Waals surface area contributed by atoms with Gasteiger partial charge in [-0.25, -0.2) is 9.67 Å². The van der Waals surface area contributed by atoms with Gasteiger partial charge in [0.05, 0.1) is 0 Å². The molecule has 2 rings (SSSR count). The molecule has 0 aliphatic heterocycles. The molecule has 1 fully saturated rings. The van der Waals surface area contributed by atoms with Crippen LogP contribution in [0.25, 0.3) is 0 Å². The minimum atomic E-state index is -0.270. The van der Waals surface area contributed by atoms with Crippen molar-refractivity contribution in [2.75, 3.05) is 5.73 Å². The van der Waals surface area contributed by atoms with Crippen molar-refractivity contribution in [1.29, 1.82) is 0 Å². The summed E-state index contributed by atoms with van der Waals surface area (Å²) in [7, 11) is 0. The number of ether oxygens (including phenoxy) is 1. The average molecular weight is 238 g/mol. The van der Waals surface area contributed by atoms with Crippen LogP contribution in [0.5, 0.6) is 0 Å². The molecule has 1 aliphatic carbocycles. The summed E-state index contributed by atoms with van der Waals surface area (Å²) in [5.41, 5.74) is 5.37. The molecule has 0 bridgehead atoms. The van der Waals surface area contributed by atoms with Crippen LogP contribution < -0.4 is 5.73 Å². The Hall–Kier alpha value is -1.59. The molecule has 6 nitrogen and oxygen atoms in total. The number of nitrogens with two attached hydrogens (primary N) is 1. The molecule has 17 heavy (non-hydrogen) atoms. The number of nitrogens with zero attached hydrogens (tertiary/aromatic N) is 3. The number of carbonyl (C=O) groups excluding carboxylic acids is 1. The molecule has 0 aromatic carbocycles. The maximum Gasteiger partial charge on any atom is 0.328 e. The first-order valence-electron chi connectivity index (χ1n) is 5.99. The Bertz CT molecular complexity index is 391. The molecule has 1 heterocycles. The molecule has 94 valence electrons. The van der Waals surface area contributed by atoms with E-state index in [0.717, 1.165) is 19.3 Å². The van der Waals surface area contributed by atoms with Crippen molar-refractivity contribution in [3.05, 3.63) is 6.33 Å². The summed E-state index contributed by atoms with van der Waals surface area (Å²) in [6.07, 6.45) is 5.95. The molecule has 0 amide bonds. The molecule has 0 spiro atoms. The van der Waals surface area contributed by atoms with Gasteiger partial charge in [0.25, 0.3) is 0 Å². The highest BCUT2D eigenvalue weighted by atomic mass is 16.5. The summed E-state index contributed by atoms with van der Waals surface area (Å²) in [6, 6.07) is 0. The number of hydrogen-bond acceptors (Lipinski definition) is 5. The largest absolute Gasteiger partial charge is 0.461 e. The number of rotatable bonds is 3. The van der Waals surface area contributed by atoms with Crippen molar-refractivity contribution in [2.45, 2.75) is 45.3 Å². The molecule has 2 unspecified atom stereocenters. The normalized spacial score (nSPS) is 24.5. The first-order chi connectivity index (χ1) is 8.15. The van der Waals surface area contributed by atoms with Gasteiger partial charge < -0.3 is 10.5 Å². The van der Waals surface area contributed by atoms with E-state index < -0.39 is 0 Å². The van der Waals surface area contributed by atoms with Crippen LogP contribution in [0.2, 0.25) is 0 Å². The van der Waals surface area contributed by atoms with Gasteiger partial charge in [0.2, 0.25) is 5.95 Å².